The fraction of sp³-hybridized carbons (Fsp3) is 0.143. The van der Waals surface area contributed by atoms with Crippen molar-refractivity contribution in [1.82, 2.24) is 15.2 Å². The molecule has 0 aromatic carbocycles. The van der Waals surface area contributed by atoms with E-state index in [-0.39, 0.29) is 11.0 Å². The minimum absolute atomic E-state index is 0.229. The maximum Gasteiger partial charge on any atom is 0.273 e. The van der Waals surface area contributed by atoms with Gasteiger partial charge in [0.1, 0.15) is 0 Å². The van der Waals surface area contributed by atoms with Gasteiger partial charge in [0.25, 0.3) is 15.2 Å². The molecule has 2 aromatic rings. The Balaban J connectivity index is 2.51. The van der Waals surface area contributed by atoms with Crippen molar-refractivity contribution in [2.24, 2.45) is 5.14 Å². The van der Waals surface area contributed by atoms with Crippen LogP contribution < -0.4 is 5.14 Å². The second-order valence-electron chi connectivity index (χ2n) is 3.07. The highest BCUT2D eigenvalue weighted by molar-refractivity contribution is 7.89. The summed E-state index contributed by atoms with van der Waals surface area (Å²) in [6.07, 6.45) is 0. The van der Waals surface area contributed by atoms with Crippen LogP contribution in [-0.2, 0) is 10.0 Å². The third-order valence-corrected chi connectivity index (χ3v) is 4.25. The number of nitrogens with zero attached hydrogens (tertiary/aromatic N) is 2. The van der Waals surface area contributed by atoms with Crippen LogP contribution in [0.3, 0.4) is 0 Å². The Morgan fingerprint density at radius 3 is 2.69 bits per heavy atom. The Morgan fingerprint density at radius 1 is 1.56 bits per heavy atom. The number of nitrogens with one attached hydrogen (secondary N) is 1. The summed E-state index contributed by atoms with van der Waals surface area (Å²) in [7, 11) is -3.86. The molecule has 16 heavy (non-hydrogen) atoms. The molecule has 0 amide bonds. The van der Waals surface area contributed by atoms with Crippen molar-refractivity contribution in [3.63, 3.8) is 0 Å². The minimum atomic E-state index is -3.86. The fourth-order valence-corrected chi connectivity index (χ4v) is 2.65. The molecule has 0 radical (unpaired) electrons. The second kappa shape index (κ2) is 3.81. The first-order chi connectivity index (χ1) is 7.39. The summed E-state index contributed by atoms with van der Waals surface area (Å²) in [5.74, 6) is 0.229. The molecule has 0 fully saturated rings. The molecule has 0 bridgehead atoms. The number of hydrogen-bond donors (Lipinski definition) is 2. The number of H-pyrrole nitrogens is 1. The van der Waals surface area contributed by atoms with E-state index in [2.05, 4.69) is 15.2 Å². The van der Waals surface area contributed by atoms with Crippen LogP contribution >= 0.6 is 22.9 Å². The molecule has 0 saturated carbocycles. The number of primary sulfonamides is 1. The zero-order chi connectivity index (χ0) is 11.9. The van der Waals surface area contributed by atoms with Gasteiger partial charge in [-0.3, -0.25) is 0 Å². The first-order valence-corrected chi connectivity index (χ1v) is 6.89. The van der Waals surface area contributed by atoms with Gasteiger partial charge >= 0.3 is 0 Å². The van der Waals surface area contributed by atoms with Gasteiger partial charge in [-0.2, -0.15) is 10.1 Å². The van der Waals surface area contributed by atoms with Gasteiger partial charge in [-0.25, -0.2) is 18.7 Å². The van der Waals surface area contributed by atoms with Crippen LogP contribution in [0.1, 0.15) is 5.56 Å². The van der Waals surface area contributed by atoms with Crippen LogP contribution in [0.25, 0.3) is 10.7 Å². The second-order valence-corrected chi connectivity index (χ2v) is 5.81. The van der Waals surface area contributed by atoms with E-state index in [0.29, 0.717) is 9.90 Å². The van der Waals surface area contributed by atoms with Gasteiger partial charge in [0, 0.05) is 0 Å². The van der Waals surface area contributed by atoms with Gasteiger partial charge in [-0.15, -0.1) is 11.3 Å². The number of aromatic nitrogens is 3. The molecule has 0 unspecified atom stereocenters. The fourth-order valence-electron chi connectivity index (χ4n) is 1.06. The van der Waals surface area contributed by atoms with Crippen LogP contribution in [0.4, 0.5) is 0 Å². The Hall–Kier alpha value is -0.960. The summed E-state index contributed by atoms with van der Waals surface area (Å²) >= 11 is 7.34. The van der Waals surface area contributed by atoms with Gasteiger partial charge in [0.15, 0.2) is 5.82 Å². The Bertz CT molecular complexity index is 631. The number of thiophene rings is 1. The van der Waals surface area contributed by atoms with Crippen molar-refractivity contribution in [3.8, 4) is 10.7 Å². The smallest absolute Gasteiger partial charge is 0.248 e. The molecule has 0 atom stereocenters. The molecule has 2 aromatic heterocycles. The number of nitrogens with two attached hydrogens (primary N) is 1. The van der Waals surface area contributed by atoms with Crippen molar-refractivity contribution in [2.75, 3.05) is 0 Å². The molecule has 0 saturated heterocycles. The van der Waals surface area contributed by atoms with Crippen molar-refractivity contribution in [3.05, 3.63) is 16.0 Å². The van der Waals surface area contributed by atoms with Crippen LogP contribution in [-0.4, -0.2) is 23.6 Å². The molecule has 0 aliphatic carbocycles. The van der Waals surface area contributed by atoms with E-state index in [1.807, 2.05) is 12.3 Å². The molecule has 2 heterocycles. The maximum absolute atomic E-state index is 11.0. The van der Waals surface area contributed by atoms with Crippen molar-refractivity contribution < 1.29 is 8.42 Å². The standard InChI is InChI=1S/C7H7ClN4O2S2/c1-3-2-15-5(4(3)8)6-10-7(12-11-6)16(9,13)14/h2H,1H3,(H2,9,13,14)(H,10,11,12). The number of rotatable bonds is 2. The lowest BCUT2D eigenvalue weighted by atomic mass is 10.3. The number of sulfonamides is 1. The highest BCUT2D eigenvalue weighted by Crippen LogP contribution is 2.34. The molecule has 0 aliphatic rings. The quantitative estimate of drug-likeness (QED) is 0.860. The van der Waals surface area contributed by atoms with E-state index < -0.39 is 10.0 Å². The lowest BCUT2D eigenvalue weighted by Gasteiger charge is -1.90. The van der Waals surface area contributed by atoms with E-state index in [9.17, 15) is 8.42 Å². The summed E-state index contributed by atoms with van der Waals surface area (Å²) in [5, 5.41) is 12.9. The molecule has 2 rings (SSSR count). The van der Waals surface area contributed by atoms with Crippen LogP contribution in [0.2, 0.25) is 5.02 Å². The van der Waals surface area contributed by atoms with Gasteiger partial charge in [-0.05, 0) is 17.9 Å². The minimum Gasteiger partial charge on any atom is -0.248 e. The summed E-state index contributed by atoms with van der Waals surface area (Å²) in [6, 6.07) is 0. The zero-order valence-electron chi connectivity index (χ0n) is 8.06. The van der Waals surface area contributed by atoms with Crippen LogP contribution in [0.15, 0.2) is 10.5 Å². The average molecular weight is 279 g/mol. The molecule has 9 heteroatoms. The van der Waals surface area contributed by atoms with Crippen molar-refractivity contribution >= 4 is 33.0 Å². The summed E-state index contributed by atoms with van der Waals surface area (Å²) in [5.41, 5.74) is 0.892. The number of aryl methyl sites for hydroxylation is 1. The van der Waals surface area contributed by atoms with Gasteiger partial charge in [0.05, 0.1) is 9.90 Å². The highest BCUT2D eigenvalue weighted by Gasteiger charge is 2.18. The Kier molecular flexibility index (Phi) is 2.74. The number of hydrogen-bond acceptors (Lipinski definition) is 5. The topological polar surface area (TPSA) is 102 Å². The Labute approximate surface area is 101 Å². The Morgan fingerprint density at radius 2 is 2.25 bits per heavy atom. The van der Waals surface area contributed by atoms with Crippen LogP contribution in [0.5, 0.6) is 0 Å². The molecule has 0 aliphatic heterocycles. The molecular weight excluding hydrogens is 272 g/mol. The predicted molar refractivity (Wildman–Crippen MR) is 60.8 cm³/mol. The van der Waals surface area contributed by atoms with Gasteiger partial charge in [0.2, 0.25) is 0 Å². The van der Waals surface area contributed by atoms with Crippen molar-refractivity contribution in [2.45, 2.75) is 12.1 Å². The number of halogens is 1. The normalized spacial score (nSPS) is 11.9. The van der Waals surface area contributed by atoms with E-state index >= 15 is 0 Å². The van der Waals surface area contributed by atoms with Gasteiger partial charge < -0.3 is 0 Å². The van der Waals surface area contributed by atoms with Crippen molar-refractivity contribution in [1.29, 1.82) is 0 Å². The number of aromatic amines is 1. The third-order valence-electron chi connectivity index (χ3n) is 1.84. The highest BCUT2D eigenvalue weighted by atomic mass is 35.5. The summed E-state index contributed by atoms with van der Waals surface area (Å²) in [4.78, 5) is 4.39. The first kappa shape index (κ1) is 11.5. The van der Waals surface area contributed by atoms with Crippen LogP contribution in [0, 0.1) is 6.92 Å². The predicted octanol–water partition coefficient (Wildman–Crippen LogP) is 1.14. The third kappa shape index (κ3) is 1.96. The summed E-state index contributed by atoms with van der Waals surface area (Å²) in [6.45, 7) is 1.84. The van der Waals surface area contributed by atoms with Gasteiger partial charge in [-0.1, -0.05) is 11.6 Å². The lowest BCUT2D eigenvalue weighted by Crippen LogP contribution is -2.13. The monoisotopic (exact) mass is 278 g/mol. The molecule has 6 nitrogen and oxygen atoms in total. The van der Waals surface area contributed by atoms with E-state index in [1.54, 1.807) is 0 Å². The lowest BCUT2D eigenvalue weighted by molar-refractivity contribution is 0.589. The zero-order valence-corrected chi connectivity index (χ0v) is 10.4. The molecular formula is C7H7ClN4O2S2. The largest absolute Gasteiger partial charge is 0.273 e. The maximum atomic E-state index is 11.0. The van der Waals surface area contributed by atoms with E-state index in [0.717, 1.165) is 5.56 Å². The average Bonchev–Trinajstić information content (AvgIpc) is 2.74. The SMILES string of the molecule is Cc1csc(-c2n[nH]c(S(N)(=O)=O)n2)c1Cl. The molecule has 0 spiro atoms. The molecule has 3 N–H and O–H groups in total. The van der Waals surface area contributed by atoms with E-state index in [4.69, 9.17) is 16.7 Å². The summed E-state index contributed by atoms with van der Waals surface area (Å²) < 4.78 is 22.0. The van der Waals surface area contributed by atoms with E-state index in [1.165, 1.54) is 11.3 Å². The first-order valence-electron chi connectivity index (χ1n) is 4.09. The molecule has 86 valence electrons.